The molecule has 110 valence electrons. The van der Waals surface area contributed by atoms with E-state index >= 15 is 0 Å². The van der Waals surface area contributed by atoms with Crippen molar-refractivity contribution < 1.29 is 9.53 Å². The fourth-order valence-electron chi connectivity index (χ4n) is 2.40. The SMILES string of the molecule is CCN(C(=O)c1ccccc1OC)c1cc(C)ccc1C. The van der Waals surface area contributed by atoms with Crippen LogP contribution in [0.4, 0.5) is 5.69 Å². The zero-order valence-electron chi connectivity index (χ0n) is 13.0. The van der Waals surface area contributed by atoms with Crippen molar-refractivity contribution in [1.29, 1.82) is 0 Å². The Kier molecular flexibility index (Phi) is 4.63. The third-order valence-electron chi connectivity index (χ3n) is 3.55. The number of ether oxygens (including phenoxy) is 1. The summed E-state index contributed by atoms with van der Waals surface area (Å²) in [6.45, 7) is 6.65. The monoisotopic (exact) mass is 283 g/mol. The Bertz CT molecular complexity index is 649. The van der Waals surface area contributed by atoms with Crippen LogP contribution in [0, 0.1) is 13.8 Å². The predicted octanol–water partition coefficient (Wildman–Crippen LogP) is 3.98. The van der Waals surface area contributed by atoms with E-state index in [-0.39, 0.29) is 5.91 Å². The zero-order valence-corrected chi connectivity index (χ0v) is 13.0. The van der Waals surface area contributed by atoms with Crippen LogP contribution in [0.2, 0.25) is 0 Å². The van der Waals surface area contributed by atoms with Crippen molar-refractivity contribution in [3.8, 4) is 5.75 Å². The number of carbonyl (C=O) groups is 1. The van der Waals surface area contributed by atoms with Gasteiger partial charge >= 0.3 is 0 Å². The maximum absolute atomic E-state index is 12.9. The van der Waals surface area contributed by atoms with E-state index in [1.807, 2.05) is 51.1 Å². The summed E-state index contributed by atoms with van der Waals surface area (Å²) < 4.78 is 5.30. The van der Waals surface area contributed by atoms with Gasteiger partial charge in [-0.25, -0.2) is 0 Å². The number of hydrogen-bond acceptors (Lipinski definition) is 2. The minimum Gasteiger partial charge on any atom is -0.496 e. The first-order valence-electron chi connectivity index (χ1n) is 7.10. The molecule has 21 heavy (non-hydrogen) atoms. The van der Waals surface area contributed by atoms with Crippen LogP contribution in [0.25, 0.3) is 0 Å². The highest BCUT2D eigenvalue weighted by atomic mass is 16.5. The molecule has 0 saturated carbocycles. The van der Waals surface area contributed by atoms with Gasteiger partial charge in [-0.15, -0.1) is 0 Å². The zero-order chi connectivity index (χ0) is 15.4. The number of aryl methyl sites for hydroxylation is 2. The molecule has 0 aromatic heterocycles. The van der Waals surface area contributed by atoms with E-state index in [9.17, 15) is 4.79 Å². The van der Waals surface area contributed by atoms with Crippen LogP contribution in [0.15, 0.2) is 42.5 Å². The molecular weight excluding hydrogens is 262 g/mol. The summed E-state index contributed by atoms with van der Waals surface area (Å²) in [5.74, 6) is 0.565. The Morgan fingerprint density at radius 1 is 1.14 bits per heavy atom. The van der Waals surface area contributed by atoms with Crippen molar-refractivity contribution in [2.75, 3.05) is 18.6 Å². The van der Waals surface area contributed by atoms with Gasteiger partial charge in [-0.05, 0) is 50.1 Å². The minimum atomic E-state index is -0.0383. The number of rotatable bonds is 4. The number of hydrogen-bond donors (Lipinski definition) is 0. The topological polar surface area (TPSA) is 29.5 Å². The van der Waals surface area contributed by atoms with Crippen LogP contribution in [-0.2, 0) is 0 Å². The molecule has 1 amide bonds. The third kappa shape index (κ3) is 3.07. The molecule has 0 aliphatic rings. The molecule has 0 saturated heterocycles. The van der Waals surface area contributed by atoms with Crippen molar-refractivity contribution >= 4 is 11.6 Å². The Morgan fingerprint density at radius 2 is 1.86 bits per heavy atom. The minimum absolute atomic E-state index is 0.0383. The first-order valence-corrected chi connectivity index (χ1v) is 7.10. The van der Waals surface area contributed by atoms with E-state index in [0.717, 1.165) is 16.8 Å². The Balaban J connectivity index is 2.46. The maximum Gasteiger partial charge on any atom is 0.262 e. The van der Waals surface area contributed by atoms with E-state index in [1.54, 1.807) is 18.1 Å². The number of benzene rings is 2. The molecule has 0 aliphatic heterocycles. The fourth-order valence-corrected chi connectivity index (χ4v) is 2.40. The lowest BCUT2D eigenvalue weighted by molar-refractivity contribution is 0.0985. The molecule has 0 atom stereocenters. The van der Waals surface area contributed by atoms with Gasteiger partial charge in [0, 0.05) is 12.2 Å². The summed E-state index contributed by atoms with van der Waals surface area (Å²) in [6.07, 6.45) is 0. The molecule has 2 aromatic carbocycles. The maximum atomic E-state index is 12.9. The van der Waals surface area contributed by atoms with Crippen LogP contribution in [-0.4, -0.2) is 19.6 Å². The smallest absolute Gasteiger partial charge is 0.262 e. The second kappa shape index (κ2) is 6.44. The quantitative estimate of drug-likeness (QED) is 0.849. The van der Waals surface area contributed by atoms with Crippen molar-refractivity contribution in [3.05, 3.63) is 59.2 Å². The lowest BCUT2D eigenvalue weighted by Crippen LogP contribution is -2.31. The average molecular weight is 283 g/mol. The van der Waals surface area contributed by atoms with E-state index in [1.165, 1.54) is 0 Å². The number of methoxy groups -OCH3 is 1. The second-order valence-corrected chi connectivity index (χ2v) is 5.04. The molecule has 0 spiro atoms. The summed E-state index contributed by atoms with van der Waals surface area (Å²) in [7, 11) is 1.58. The summed E-state index contributed by atoms with van der Waals surface area (Å²) in [5.41, 5.74) is 3.77. The highest BCUT2D eigenvalue weighted by Crippen LogP contribution is 2.26. The molecule has 0 aliphatic carbocycles. The van der Waals surface area contributed by atoms with Gasteiger partial charge in [-0.3, -0.25) is 4.79 Å². The molecule has 2 rings (SSSR count). The van der Waals surface area contributed by atoms with Crippen molar-refractivity contribution in [2.24, 2.45) is 0 Å². The lowest BCUT2D eigenvalue weighted by atomic mass is 10.1. The summed E-state index contributed by atoms with van der Waals surface area (Å²) in [4.78, 5) is 14.7. The summed E-state index contributed by atoms with van der Waals surface area (Å²) >= 11 is 0. The molecule has 3 nitrogen and oxygen atoms in total. The van der Waals surface area contributed by atoms with Gasteiger partial charge in [-0.2, -0.15) is 0 Å². The number of anilines is 1. The highest BCUT2D eigenvalue weighted by molar-refractivity contribution is 6.08. The van der Waals surface area contributed by atoms with Crippen LogP contribution in [0.5, 0.6) is 5.75 Å². The normalized spacial score (nSPS) is 10.3. The van der Waals surface area contributed by atoms with Crippen molar-refractivity contribution in [1.82, 2.24) is 0 Å². The predicted molar refractivity (Wildman–Crippen MR) is 86.3 cm³/mol. The van der Waals surface area contributed by atoms with Crippen molar-refractivity contribution in [2.45, 2.75) is 20.8 Å². The standard InChI is InChI=1S/C18H21NO2/c1-5-19(16-12-13(2)10-11-14(16)3)18(20)15-8-6-7-9-17(15)21-4/h6-12H,5H2,1-4H3. The Morgan fingerprint density at radius 3 is 2.52 bits per heavy atom. The van der Waals surface area contributed by atoms with Crippen LogP contribution in [0.1, 0.15) is 28.4 Å². The van der Waals surface area contributed by atoms with E-state index in [4.69, 9.17) is 4.74 Å². The van der Waals surface area contributed by atoms with Gasteiger partial charge in [-0.1, -0.05) is 24.3 Å². The van der Waals surface area contributed by atoms with Crippen LogP contribution < -0.4 is 9.64 Å². The molecule has 0 unspecified atom stereocenters. The number of carbonyl (C=O) groups excluding carboxylic acids is 1. The van der Waals surface area contributed by atoms with E-state index in [0.29, 0.717) is 17.9 Å². The first-order chi connectivity index (χ1) is 10.1. The first kappa shape index (κ1) is 15.1. The van der Waals surface area contributed by atoms with Gasteiger partial charge in [0.1, 0.15) is 5.75 Å². The van der Waals surface area contributed by atoms with Gasteiger partial charge in [0.05, 0.1) is 12.7 Å². The molecule has 0 fully saturated rings. The highest BCUT2D eigenvalue weighted by Gasteiger charge is 2.20. The molecule has 3 heteroatoms. The van der Waals surface area contributed by atoms with E-state index < -0.39 is 0 Å². The van der Waals surface area contributed by atoms with E-state index in [2.05, 4.69) is 6.07 Å². The number of para-hydroxylation sites is 1. The number of nitrogens with zero attached hydrogens (tertiary/aromatic N) is 1. The molecular formula is C18H21NO2. The fraction of sp³-hybridized carbons (Fsp3) is 0.278. The van der Waals surface area contributed by atoms with Crippen molar-refractivity contribution in [3.63, 3.8) is 0 Å². The summed E-state index contributed by atoms with van der Waals surface area (Å²) in [6, 6.07) is 13.5. The van der Waals surface area contributed by atoms with Gasteiger partial charge < -0.3 is 9.64 Å². The lowest BCUT2D eigenvalue weighted by Gasteiger charge is -2.24. The molecule has 0 bridgehead atoms. The molecule has 0 radical (unpaired) electrons. The molecule has 0 heterocycles. The van der Waals surface area contributed by atoms with Crippen LogP contribution in [0.3, 0.4) is 0 Å². The largest absolute Gasteiger partial charge is 0.496 e. The Hall–Kier alpha value is -2.29. The summed E-state index contributed by atoms with van der Waals surface area (Å²) in [5, 5.41) is 0. The average Bonchev–Trinajstić information content (AvgIpc) is 2.51. The Labute approximate surface area is 126 Å². The van der Waals surface area contributed by atoms with Gasteiger partial charge in [0.2, 0.25) is 0 Å². The molecule has 2 aromatic rings. The number of amides is 1. The van der Waals surface area contributed by atoms with Gasteiger partial charge in [0.25, 0.3) is 5.91 Å². The third-order valence-corrected chi connectivity index (χ3v) is 3.55. The second-order valence-electron chi connectivity index (χ2n) is 5.04. The van der Waals surface area contributed by atoms with Gasteiger partial charge in [0.15, 0.2) is 0 Å². The van der Waals surface area contributed by atoms with Crippen LogP contribution >= 0.6 is 0 Å². The molecule has 0 N–H and O–H groups in total.